The van der Waals surface area contributed by atoms with Crippen molar-refractivity contribution < 1.29 is 19.5 Å². The van der Waals surface area contributed by atoms with Gasteiger partial charge in [0.1, 0.15) is 5.70 Å². The average Bonchev–Trinajstić information content (AvgIpc) is 2.30. The molecule has 0 fully saturated rings. The number of rotatable bonds is 4. The van der Waals surface area contributed by atoms with Crippen LogP contribution in [0.25, 0.3) is 0 Å². The first kappa shape index (κ1) is 14.2. The maximum Gasteiger partial charge on any atom is 0.327 e. The zero-order chi connectivity index (χ0) is 14.0. The van der Waals surface area contributed by atoms with Gasteiger partial charge in [0, 0.05) is 13.1 Å². The van der Waals surface area contributed by atoms with Crippen LogP contribution in [0.3, 0.4) is 0 Å². The Morgan fingerprint density at radius 1 is 1.33 bits per heavy atom. The van der Waals surface area contributed by atoms with Gasteiger partial charge < -0.3 is 10.8 Å². The number of hydrazine groups is 1. The van der Waals surface area contributed by atoms with Gasteiger partial charge in [0.25, 0.3) is 5.91 Å². The molecule has 0 aromatic rings. The largest absolute Gasteiger partial charge is 0.480 e. The number of hydrogen-bond acceptors (Lipinski definition) is 5. The summed E-state index contributed by atoms with van der Waals surface area (Å²) in [5.41, 5.74) is 5.20. The van der Waals surface area contributed by atoms with E-state index in [0.717, 1.165) is 0 Å². The minimum Gasteiger partial charge on any atom is -0.480 e. The lowest BCUT2D eigenvalue weighted by atomic mass is 9.97. The number of carboxylic acids is 1. The van der Waals surface area contributed by atoms with Gasteiger partial charge in [-0.3, -0.25) is 19.4 Å². The topological polar surface area (TPSA) is 104 Å². The predicted molar refractivity (Wildman–Crippen MR) is 63.1 cm³/mol. The van der Waals surface area contributed by atoms with Crippen molar-refractivity contribution in [1.29, 1.82) is 0 Å². The Kier molecular flexibility index (Phi) is 4.07. The molecule has 0 aromatic heterocycles. The average molecular weight is 255 g/mol. The highest BCUT2D eigenvalue weighted by Crippen LogP contribution is 2.23. The van der Waals surface area contributed by atoms with Crippen LogP contribution in [0.2, 0.25) is 0 Å². The molecule has 0 saturated heterocycles. The van der Waals surface area contributed by atoms with Crippen LogP contribution in [0.4, 0.5) is 0 Å². The van der Waals surface area contributed by atoms with E-state index in [2.05, 4.69) is 0 Å². The van der Waals surface area contributed by atoms with Gasteiger partial charge in [-0.25, -0.2) is 0 Å². The van der Waals surface area contributed by atoms with Crippen molar-refractivity contribution in [1.82, 2.24) is 10.0 Å². The number of ketones is 1. The quantitative estimate of drug-likeness (QED) is 0.691. The molecule has 3 N–H and O–H groups in total. The number of hydrogen-bond donors (Lipinski definition) is 2. The summed E-state index contributed by atoms with van der Waals surface area (Å²) >= 11 is 0. The summed E-state index contributed by atoms with van der Waals surface area (Å²) in [5.74, 6) is -2.22. The number of carboxylic acid groups (broad SMARTS) is 1. The van der Waals surface area contributed by atoms with Crippen LogP contribution in [0.15, 0.2) is 11.3 Å². The number of aliphatic carboxylic acids is 1. The molecular formula is C11H17N3O4. The molecule has 0 radical (unpaired) electrons. The Balaban J connectivity index is 3.44. The number of Topliss-reactive ketones (excluding diaryl/α,β-unsaturated/α-hetero) is 1. The summed E-state index contributed by atoms with van der Waals surface area (Å²) < 4.78 is 0. The third kappa shape index (κ3) is 2.08. The molecule has 1 rings (SSSR count). The van der Waals surface area contributed by atoms with Gasteiger partial charge in [-0.05, 0) is 13.8 Å². The molecule has 1 aliphatic rings. The number of nitrogens with zero attached hydrogens (tertiary/aromatic N) is 2. The number of carbonyl (C=O) groups is 3. The summed E-state index contributed by atoms with van der Waals surface area (Å²) in [5, 5.41) is 11.9. The lowest BCUT2D eigenvalue weighted by Crippen LogP contribution is -2.60. The summed E-state index contributed by atoms with van der Waals surface area (Å²) in [6, 6.07) is -1.20. The lowest BCUT2D eigenvalue weighted by Gasteiger charge is -2.41. The highest BCUT2D eigenvalue weighted by Gasteiger charge is 2.43. The van der Waals surface area contributed by atoms with Gasteiger partial charge in [-0.1, -0.05) is 6.92 Å². The maximum absolute atomic E-state index is 12.0. The van der Waals surface area contributed by atoms with Crippen molar-refractivity contribution >= 4 is 17.7 Å². The Labute approximate surface area is 105 Å². The number of carbonyl (C=O) groups excluding carboxylic acids is 2. The molecule has 7 nitrogen and oxygen atoms in total. The first-order valence-corrected chi connectivity index (χ1v) is 5.68. The number of amides is 1. The molecule has 18 heavy (non-hydrogen) atoms. The summed E-state index contributed by atoms with van der Waals surface area (Å²) in [7, 11) is 0. The second-order valence-electron chi connectivity index (χ2n) is 3.90. The van der Waals surface area contributed by atoms with Crippen LogP contribution in [-0.2, 0) is 14.4 Å². The number of likely N-dealkylation sites (N-methyl/N-ethyl adjacent to an activating group) is 2. The van der Waals surface area contributed by atoms with Crippen molar-refractivity contribution in [3.05, 3.63) is 11.3 Å². The van der Waals surface area contributed by atoms with Crippen molar-refractivity contribution in [2.45, 2.75) is 26.8 Å². The summed E-state index contributed by atoms with van der Waals surface area (Å²) in [4.78, 5) is 34.8. The Bertz CT molecular complexity index is 430. The maximum atomic E-state index is 12.0. The van der Waals surface area contributed by atoms with Crippen LogP contribution < -0.4 is 5.73 Å². The fourth-order valence-electron chi connectivity index (χ4n) is 2.12. The minimum absolute atomic E-state index is 0.140. The highest BCUT2D eigenvalue weighted by molar-refractivity contribution is 6.09. The molecule has 0 spiro atoms. The van der Waals surface area contributed by atoms with Gasteiger partial charge in [0.15, 0.2) is 11.8 Å². The van der Waals surface area contributed by atoms with E-state index in [1.165, 1.54) is 16.9 Å². The summed E-state index contributed by atoms with van der Waals surface area (Å²) in [6.45, 7) is 5.22. The monoisotopic (exact) mass is 255 g/mol. The van der Waals surface area contributed by atoms with E-state index < -0.39 is 23.7 Å². The van der Waals surface area contributed by atoms with Crippen LogP contribution in [0, 0.1) is 0 Å². The second kappa shape index (κ2) is 5.18. The van der Waals surface area contributed by atoms with E-state index in [4.69, 9.17) is 5.73 Å². The van der Waals surface area contributed by atoms with Crippen molar-refractivity contribution in [3.63, 3.8) is 0 Å². The van der Waals surface area contributed by atoms with E-state index in [1.54, 1.807) is 13.8 Å². The zero-order valence-corrected chi connectivity index (χ0v) is 10.6. The Hall–Kier alpha value is -1.89. The predicted octanol–water partition coefficient (Wildman–Crippen LogP) is -0.660. The van der Waals surface area contributed by atoms with Crippen LogP contribution in [-0.4, -0.2) is 51.9 Å². The first-order chi connectivity index (χ1) is 8.36. The molecule has 1 aliphatic heterocycles. The fraction of sp³-hybridized carbons (Fsp3) is 0.545. The number of nitrogens with two attached hydrogens (primary N) is 1. The molecule has 0 bridgehead atoms. The second-order valence-corrected chi connectivity index (χ2v) is 3.90. The van der Waals surface area contributed by atoms with Crippen molar-refractivity contribution in [2.24, 2.45) is 5.73 Å². The van der Waals surface area contributed by atoms with E-state index in [9.17, 15) is 19.5 Å². The molecule has 0 aromatic carbocycles. The molecule has 1 amide bonds. The molecule has 1 atom stereocenters. The zero-order valence-electron chi connectivity index (χ0n) is 10.6. The lowest BCUT2D eigenvalue weighted by molar-refractivity contribution is -0.163. The molecule has 7 heteroatoms. The molecule has 1 unspecified atom stereocenters. The van der Waals surface area contributed by atoms with Gasteiger partial charge >= 0.3 is 5.97 Å². The molecule has 1 heterocycles. The molecule has 0 saturated carbocycles. The molecular weight excluding hydrogens is 238 g/mol. The highest BCUT2D eigenvalue weighted by atomic mass is 16.4. The third-order valence-electron chi connectivity index (χ3n) is 2.87. The Morgan fingerprint density at radius 3 is 2.22 bits per heavy atom. The van der Waals surface area contributed by atoms with E-state index >= 15 is 0 Å². The third-order valence-corrected chi connectivity index (χ3v) is 2.87. The molecule has 100 valence electrons. The smallest absolute Gasteiger partial charge is 0.327 e. The van der Waals surface area contributed by atoms with E-state index in [1.807, 2.05) is 0 Å². The SMILES string of the molecule is CCN1C(=O)C(N)=C(C(C)=O)C(C(=O)O)N1CC. The van der Waals surface area contributed by atoms with E-state index in [-0.39, 0.29) is 11.3 Å². The van der Waals surface area contributed by atoms with Gasteiger partial charge in [-0.2, -0.15) is 5.01 Å². The van der Waals surface area contributed by atoms with Gasteiger partial charge in [-0.15, -0.1) is 0 Å². The van der Waals surface area contributed by atoms with Crippen LogP contribution >= 0.6 is 0 Å². The van der Waals surface area contributed by atoms with Crippen molar-refractivity contribution in [3.8, 4) is 0 Å². The van der Waals surface area contributed by atoms with Gasteiger partial charge in [0.2, 0.25) is 0 Å². The molecule has 0 aliphatic carbocycles. The van der Waals surface area contributed by atoms with Crippen LogP contribution in [0.5, 0.6) is 0 Å². The Morgan fingerprint density at radius 2 is 1.89 bits per heavy atom. The van der Waals surface area contributed by atoms with Gasteiger partial charge in [0.05, 0.1) is 5.57 Å². The minimum atomic E-state index is -1.20. The van der Waals surface area contributed by atoms with Crippen molar-refractivity contribution in [2.75, 3.05) is 13.1 Å². The van der Waals surface area contributed by atoms with E-state index in [0.29, 0.717) is 13.1 Å². The fourth-order valence-corrected chi connectivity index (χ4v) is 2.12. The summed E-state index contributed by atoms with van der Waals surface area (Å²) in [6.07, 6.45) is 0. The normalized spacial score (nSPS) is 21.4. The van der Waals surface area contributed by atoms with Crippen LogP contribution in [0.1, 0.15) is 20.8 Å². The first-order valence-electron chi connectivity index (χ1n) is 5.68. The standard InChI is InChI=1S/C11H17N3O4/c1-4-13-9(11(17)18)7(6(3)15)8(12)10(16)14(13)5-2/h9H,4-5,12H2,1-3H3,(H,17,18).